The van der Waals surface area contributed by atoms with Gasteiger partial charge in [0.05, 0.1) is 31.0 Å². The third-order valence-corrected chi connectivity index (χ3v) is 10.2. The number of likely N-dealkylation sites (tertiary alicyclic amines) is 1. The van der Waals surface area contributed by atoms with Crippen LogP contribution in [0.15, 0.2) is 41.4 Å². The number of aromatic amines is 1. The summed E-state index contributed by atoms with van der Waals surface area (Å²) in [5.74, 6) is 0.0265. The first-order valence-corrected chi connectivity index (χ1v) is 14.5. The Bertz CT molecular complexity index is 1450. The Morgan fingerprint density at radius 3 is 2.57 bits per heavy atom. The molecule has 3 fully saturated rings. The smallest absolute Gasteiger partial charge is 0.245 e. The highest BCUT2D eigenvalue weighted by atomic mass is 35.5. The summed E-state index contributed by atoms with van der Waals surface area (Å²) in [5, 5.41) is 11.0. The molecule has 0 saturated carbocycles. The van der Waals surface area contributed by atoms with Crippen LogP contribution < -0.4 is 5.32 Å². The van der Waals surface area contributed by atoms with Crippen molar-refractivity contribution >= 4 is 44.1 Å². The Kier molecular flexibility index (Phi) is 6.48. The van der Waals surface area contributed by atoms with Crippen LogP contribution in [0.5, 0.6) is 0 Å². The average molecular weight is 544 g/mol. The van der Waals surface area contributed by atoms with E-state index < -0.39 is 16.1 Å². The summed E-state index contributed by atoms with van der Waals surface area (Å²) in [6.45, 7) is 5.85. The molecule has 6 rings (SSSR count). The van der Waals surface area contributed by atoms with Gasteiger partial charge in [-0.05, 0) is 80.6 Å². The zero-order valence-corrected chi connectivity index (χ0v) is 22.2. The zero-order valence-electron chi connectivity index (χ0n) is 20.6. The minimum atomic E-state index is -3.88. The maximum atomic E-state index is 13.5. The second-order valence-electron chi connectivity index (χ2n) is 10.2. The summed E-state index contributed by atoms with van der Waals surface area (Å²) >= 11 is 6.65. The van der Waals surface area contributed by atoms with Crippen LogP contribution in [0, 0.1) is 6.92 Å². The van der Waals surface area contributed by atoms with Gasteiger partial charge in [-0.15, -0.1) is 0 Å². The van der Waals surface area contributed by atoms with Crippen LogP contribution in [0.3, 0.4) is 0 Å². The van der Waals surface area contributed by atoms with Crippen LogP contribution in [0.4, 0.5) is 5.69 Å². The Hall–Kier alpha value is -2.50. The van der Waals surface area contributed by atoms with E-state index in [1.165, 1.54) is 4.31 Å². The van der Waals surface area contributed by atoms with E-state index in [2.05, 4.69) is 20.4 Å². The number of hydrogen-bond donors (Lipinski definition) is 2. The van der Waals surface area contributed by atoms with E-state index in [1.807, 2.05) is 25.1 Å². The fraction of sp³-hybridized carbons (Fsp3) is 0.462. The van der Waals surface area contributed by atoms with E-state index in [0.717, 1.165) is 55.7 Å². The second kappa shape index (κ2) is 9.67. The minimum absolute atomic E-state index is 0.140. The highest BCUT2D eigenvalue weighted by Crippen LogP contribution is 2.36. The molecule has 196 valence electrons. The molecule has 0 aliphatic carbocycles. The van der Waals surface area contributed by atoms with Gasteiger partial charge in [0, 0.05) is 22.6 Å². The van der Waals surface area contributed by atoms with Gasteiger partial charge in [0.15, 0.2) is 0 Å². The topological polar surface area (TPSA) is 108 Å². The molecule has 3 aliphatic rings. The number of nitrogens with zero attached hydrogens (tertiary/aromatic N) is 3. The molecule has 3 aliphatic heterocycles. The number of carbonyl (C=O) groups excluding carboxylic acids is 1. The third-order valence-electron chi connectivity index (χ3n) is 7.89. The first kappa shape index (κ1) is 24.8. The predicted octanol–water partition coefficient (Wildman–Crippen LogP) is 3.50. The Morgan fingerprint density at radius 1 is 1.14 bits per heavy atom. The average Bonchev–Trinajstić information content (AvgIpc) is 3.25. The van der Waals surface area contributed by atoms with Crippen molar-refractivity contribution in [3.8, 4) is 0 Å². The van der Waals surface area contributed by atoms with Crippen molar-refractivity contribution in [1.29, 1.82) is 0 Å². The number of rotatable bonds is 6. The SMILES string of the molecule is Cc1cc(S(=O)(=O)N2CC[C@H]2C(=O)Nc2ccc(C3CCN(C4COC4)CC3)c(Cl)c2)c2[nH]ncc2c1. The number of piperidine rings is 1. The van der Waals surface area contributed by atoms with E-state index in [9.17, 15) is 13.2 Å². The number of ether oxygens (including phenoxy) is 1. The number of aryl methyl sites for hydroxylation is 1. The highest BCUT2D eigenvalue weighted by Gasteiger charge is 2.43. The number of H-pyrrole nitrogens is 1. The summed E-state index contributed by atoms with van der Waals surface area (Å²) < 4.78 is 33.5. The molecule has 1 atom stereocenters. The number of fused-ring (bicyclic) bond motifs is 1. The number of sulfonamides is 1. The quantitative estimate of drug-likeness (QED) is 0.493. The molecule has 0 bridgehead atoms. The number of hydrogen-bond acceptors (Lipinski definition) is 6. The molecular weight excluding hydrogens is 514 g/mol. The van der Waals surface area contributed by atoms with Gasteiger partial charge in [-0.25, -0.2) is 8.42 Å². The van der Waals surface area contributed by atoms with Gasteiger partial charge in [-0.1, -0.05) is 17.7 Å². The maximum Gasteiger partial charge on any atom is 0.245 e. The van der Waals surface area contributed by atoms with Gasteiger partial charge < -0.3 is 10.1 Å². The molecule has 3 aromatic rings. The lowest BCUT2D eigenvalue weighted by Crippen LogP contribution is -2.56. The lowest BCUT2D eigenvalue weighted by atomic mass is 9.88. The van der Waals surface area contributed by atoms with Gasteiger partial charge in [0.25, 0.3) is 0 Å². The van der Waals surface area contributed by atoms with Crippen LogP contribution in [0.25, 0.3) is 10.9 Å². The number of nitrogens with one attached hydrogen (secondary N) is 2. The summed E-state index contributed by atoms with van der Waals surface area (Å²) in [6.07, 6.45) is 4.14. The van der Waals surface area contributed by atoms with E-state index >= 15 is 0 Å². The lowest BCUT2D eigenvalue weighted by Gasteiger charge is -2.41. The third kappa shape index (κ3) is 4.55. The van der Waals surface area contributed by atoms with Crippen molar-refractivity contribution in [1.82, 2.24) is 19.4 Å². The highest BCUT2D eigenvalue weighted by molar-refractivity contribution is 7.89. The van der Waals surface area contributed by atoms with Crippen molar-refractivity contribution in [2.45, 2.75) is 49.1 Å². The van der Waals surface area contributed by atoms with E-state index in [4.69, 9.17) is 16.3 Å². The van der Waals surface area contributed by atoms with Crippen molar-refractivity contribution in [2.75, 3.05) is 38.2 Å². The van der Waals surface area contributed by atoms with Gasteiger partial charge in [-0.2, -0.15) is 9.40 Å². The number of halogens is 1. The fourth-order valence-corrected chi connectivity index (χ4v) is 7.81. The molecule has 3 saturated heterocycles. The van der Waals surface area contributed by atoms with Gasteiger partial charge >= 0.3 is 0 Å². The fourth-order valence-electron chi connectivity index (χ4n) is 5.58. The molecule has 2 aromatic carbocycles. The van der Waals surface area contributed by atoms with E-state index in [0.29, 0.717) is 34.6 Å². The number of benzene rings is 2. The Labute approximate surface area is 221 Å². The standard InChI is InChI=1S/C26H30ClN5O4S/c1-16-10-18-13-28-30-25(18)24(11-16)37(34,35)32-9-6-23(32)26(33)29-19-2-3-21(22(27)12-19)17-4-7-31(8-5-17)20-14-36-15-20/h2-3,10-13,17,20,23H,4-9,14-15H2,1H3,(H,28,30)(H,29,33)/t23-/m0/s1. The zero-order chi connectivity index (χ0) is 25.7. The number of carbonyl (C=O) groups is 1. The van der Waals surface area contributed by atoms with Crippen LogP contribution in [0.1, 0.15) is 36.3 Å². The molecule has 4 heterocycles. The summed E-state index contributed by atoms with van der Waals surface area (Å²) in [5.41, 5.74) is 2.93. The monoisotopic (exact) mass is 543 g/mol. The van der Waals surface area contributed by atoms with Crippen LogP contribution in [-0.2, 0) is 19.6 Å². The molecule has 0 unspecified atom stereocenters. The predicted molar refractivity (Wildman–Crippen MR) is 141 cm³/mol. The largest absolute Gasteiger partial charge is 0.378 e. The van der Waals surface area contributed by atoms with Crippen LogP contribution in [-0.4, -0.2) is 78.7 Å². The molecule has 0 spiro atoms. The Balaban J connectivity index is 1.13. The van der Waals surface area contributed by atoms with Crippen molar-refractivity contribution in [3.05, 3.63) is 52.7 Å². The molecule has 2 N–H and O–H groups in total. The van der Waals surface area contributed by atoms with Crippen LogP contribution >= 0.6 is 11.6 Å². The molecule has 1 aromatic heterocycles. The normalized spacial score (nSPS) is 22.1. The lowest BCUT2D eigenvalue weighted by molar-refractivity contribution is -0.122. The van der Waals surface area contributed by atoms with Crippen molar-refractivity contribution < 1.29 is 17.9 Å². The van der Waals surface area contributed by atoms with E-state index in [1.54, 1.807) is 18.3 Å². The molecule has 37 heavy (non-hydrogen) atoms. The van der Waals surface area contributed by atoms with Crippen LogP contribution in [0.2, 0.25) is 5.02 Å². The first-order valence-electron chi connectivity index (χ1n) is 12.7. The van der Waals surface area contributed by atoms with Crippen molar-refractivity contribution in [2.24, 2.45) is 0 Å². The van der Waals surface area contributed by atoms with Crippen molar-refractivity contribution in [3.63, 3.8) is 0 Å². The molecular formula is C26H30ClN5O4S. The second-order valence-corrected chi connectivity index (χ2v) is 12.5. The number of aromatic nitrogens is 2. The Morgan fingerprint density at radius 2 is 1.92 bits per heavy atom. The molecule has 9 nitrogen and oxygen atoms in total. The molecule has 1 amide bonds. The summed E-state index contributed by atoms with van der Waals surface area (Å²) in [4.78, 5) is 15.7. The maximum absolute atomic E-state index is 13.5. The molecule has 11 heteroatoms. The summed E-state index contributed by atoms with van der Waals surface area (Å²) in [6, 6.07) is 8.89. The van der Waals surface area contributed by atoms with Gasteiger partial charge in [-0.3, -0.25) is 14.8 Å². The van der Waals surface area contributed by atoms with Gasteiger partial charge in [0.2, 0.25) is 15.9 Å². The summed E-state index contributed by atoms with van der Waals surface area (Å²) in [7, 11) is -3.88. The first-order chi connectivity index (χ1) is 17.8. The number of anilines is 1. The van der Waals surface area contributed by atoms with E-state index in [-0.39, 0.29) is 17.3 Å². The molecule has 0 radical (unpaired) electrons. The van der Waals surface area contributed by atoms with Gasteiger partial charge in [0.1, 0.15) is 10.9 Å². The number of amides is 1. The minimum Gasteiger partial charge on any atom is -0.378 e.